The highest BCUT2D eigenvalue weighted by atomic mass is 16.3. The van der Waals surface area contributed by atoms with E-state index in [9.17, 15) is 5.11 Å². The first-order chi connectivity index (χ1) is 8.37. The van der Waals surface area contributed by atoms with Crippen LogP contribution in [0.25, 0.3) is 0 Å². The number of piperidine rings is 1. The topological polar surface area (TPSA) is 38.7 Å². The number of nitrogens with one attached hydrogen (secondary N) is 1. The van der Waals surface area contributed by atoms with Gasteiger partial charge in [-0.05, 0) is 25.8 Å². The van der Waals surface area contributed by atoms with E-state index >= 15 is 0 Å². The summed E-state index contributed by atoms with van der Waals surface area (Å²) >= 11 is 0. The van der Waals surface area contributed by atoms with E-state index < -0.39 is 0 Å². The SMILES string of the molecule is OCC1(N2CCNCC2)CCN2CCCCC21. The lowest BCUT2D eigenvalue weighted by molar-refractivity contribution is -0.0157. The van der Waals surface area contributed by atoms with Gasteiger partial charge in [0.2, 0.25) is 0 Å². The molecule has 4 heteroatoms. The Morgan fingerprint density at radius 3 is 2.71 bits per heavy atom. The second-order valence-corrected chi connectivity index (χ2v) is 5.80. The summed E-state index contributed by atoms with van der Waals surface area (Å²) in [7, 11) is 0. The van der Waals surface area contributed by atoms with E-state index in [1.54, 1.807) is 0 Å². The van der Waals surface area contributed by atoms with E-state index in [1.807, 2.05) is 0 Å². The Labute approximate surface area is 104 Å². The molecule has 0 spiro atoms. The molecule has 0 saturated carbocycles. The van der Waals surface area contributed by atoms with Crippen molar-refractivity contribution in [2.75, 3.05) is 45.9 Å². The second-order valence-electron chi connectivity index (χ2n) is 5.80. The molecule has 0 radical (unpaired) electrons. The Morgan fingerprint density at radius 2 is 1.94 bits per heavy atom. The van der Waals surface area contributed by atoms with Crippen LogP contribution in [0.4, 0.5) is 0 Å². The third-order valence-electron chi connectivity index (χ3n) is 5.09. The molecule has 2 unspecified atom stereocenters. The highest BCUT2D eigenvalue weighted by molar-refractivity contribution is 5.08. The van der Waals surface area contributed by atoms with Crippen LogP contribution in [0.2, 0.25) is 0 Å². The van der Waals surface area contributed by atoms with E-state index in [-0.39, 0.29) is 5.54 Å². The van der Waals surface area contributed by atoms with E-state index in [0.29, 0.717) is 12.6 Å². The predicted molar refractivity (Wildman–Crippen MR) is 68.1 cm³/mol. The van der Waals surface area contributed by atoms with Crippen molar-refractivity contribution < 1.29 is 5.11 Å². The minimum atomic E-state index is 0.0719. The van der Waals surface area contributed by atoms with Crippen LogP contribution in [-0.2, 0) is 0 Å². The van der Waals surface area contributed by atoms with Gasteiger partial charge in [0.15, 0.2) is 0 Å². The van der Waals surface area contributed by atoms with Crippen molar-refractivity contribution >= 4 is 0 Å². The number of hydrogen-bond acceptors (Lipinski definition) is 4. The predicted octanol–water partition coefficient (Wildman–Crippen LogP) is -0.119. The van der Waals surface area contributed by atoms with Crippen LogP contribution in [-0.4, -0.2) is 72.4 Å². The van der Waals surface area contributed by atoms with Crippen molar-refractivity contribution in [3.63, 3.8) is 0 Å². The minimum absolute atomic E-state index is 0.0719. The molecule has 0 aromatic carbocycles. The molecule has 3 saturated heterocycles. The van der Waals surface area contributed by atoms with Gasteiger partial charge in [-0.3, -0.25) is 9.80 Å². The van der Waals surface area contributed by atoms with Crippen LogP contribution < -0.4 is 5.32 Å². The van der Waals surface area contributed by atoms with Crippen LogP contribution in [0.3, 0.4) is 0 Å². The molecule has 0 aromatic rings. The molecular formula is C13H25N3O. The fourth-order valence-electron chi connectivity index (χ4n) is 4.13. The van der Waals surface area contributed by atoms with Crippen molar-refractivity contribution in [1.29, 1.82) is 0 Å². The highest BCUT2D eigenvalue weighted by Gasteiger charge is 2.51. The molecule has 0 aliphatic carbocycles. The smallest absolute Gasteiger partial charge is 0.0631 e. The number of piperazine rings is 1. The summed E-state index contributed by atoms with van der Waals surface area (Å²) in [4.78, 5) is 5.20. The van der Waals surface area contributed by atoms with E-state index in [1.165, 1.54) is 32.4 Å². The zero-order chi connectivity index (χ0) is 11.7. The van der Waals surface area contributed by atoms with E-state index in [0.717, 1.165) is 32.6 Å². The molecule has 17 heavy (non-hydrogen) atoms. The molecule has 2 N–H and O–H groups in total. The van der Waals surface area contributed by atoms with Crippen molar-refractivity contribution in [1.82, 2.24) is 15.1 Å². The minimum Gasteiger partial charge on any atom is -0.394 e. The third kappa shape index (κ3) is 1.91. The quantitative estimate of drug-likeness (QED) is 0.705. The fourth-order valence-corrected chi connectivity index (χ4v) is 4.13. The van der Waals surface area contributed by atoms with Crippen LogP contribution in [0, 0.1) is 0 Å². The standard InChI is InChI=1S/C13H25N3O/c17-11-13(16-9-5-14-6-10-16)4-8-15-7-2-1-3-12(13)15/h12,14,17H,1-11H2. The summed E-state index contributed by atoms with van der Waals surface area (Å²) in [5.41, 5.74) is 0.0719. The maximum atomic E-state index is 10.0. The molecular weight excluding hydrogens is 214 g/mol. The number of hydrogen-bond donors (Lipinski definition) is 2. The Kier molecular flexibility index (Phi) is 3.39. The molecule has 98 valence electrons. The normalized spacial score (nSPS) is 40.4. The Morgan fingerprint density at radius 1 is 1.12 bits per heavy atom. The van der Waals surface area contributed by atoms with Gasteiger partial charge in [0.1, 0.15) is 0 Å². The lowest BCUT2D eigenvalue weighted by Crippen LogP contribution is -2.63. The summed E-state index contributed by atoms with van der Waals surface area (Å²) < 4.78 is 0. The average Bonchev–Trinajstić information content (AvgIpc) is 2.80. The second kappa shape index (κ2) is 4.84. The fraction of sp³-hybridized carbons (Fsp3) is 1.00. The lowest BCUT2D eigenvalue weighted by Gasteiger charge is -2.48. The number of aliphatic hydroxyl groups is 1. The number of fused-ring (bicyclic) bond motifs is 1. The van der Waals surface area contributed by atoms with Gasteiger partial charge in [-0.2, -0.15) is 0 Å². The van der Waals surface area contributed by atoms with Gasteiger partial charge in [0.05, 0.1) is 12.1 Å². The molecule has 4 nitrogen and oxygen atoms in total. The van der Waals surface area contributed by atoms with Crippen LogP contribution in [0.5, 0.6) is 0 Å². The van der Waals surface area contributed by atoms with Gasteiger partial charge in [-0.15, -0.1) is 0 Å². The van der Waals surface area contributed by atoms with Crippen LogP contribution in [0.1, 0.15) is 25.7 Å². The molecule has 3 rings (SSSR count). The van der Waals surface area contributed by atoms with Gasteiger partial charge in [0.25, 0.3) is 0 Å². The summed E-state index contributed by atoms with van der Waals surface area (Å²) in [5, 5.41) is 13.4. The summed E-state index contributed by atoms with van der Waals surface area (Å²) in [6.45, 7) is 7.14. The molecule has 2 atom stereocenters. The van der Waals surface area contributed by atoms with Crippen LogP contribution in [0.15, 0.2) is 0 Å². The largest absolute Gasteiger partial charge is 0.394 e. The highest BCUT2D eigenvalue weighted by Crippen LogP contribution is 2.39. The van der Waals surface area contributed by atoms with Crippen molar-refractivity contribution in [3.05, 3.63) is 0 Å². The first kappa shape index (κ1) is 11.9. The lowest BCUT2D eigenvalue weighted by atomic mass is 9.84. The van der Waals surface area contributed by atoms with Crippen molar-refractivity contribution in [3.8, 4) is 0 Å². The number of aliphatic hydroxyl groups excluding tert-OH is 1. The Balaban J connectivity index is 1.80. The molecule has 3 aliphatic rings. The van der Waals surface area contributed by atoms with Crippen LogP contribution >= 0.6 is 0 Å². The molecule has 3 heterocycles. The van der Waals surface area contributed by atoms with Crippen molar-refractivity contribution in [2.45, 2.75) is 37.3 Å². The van der Waals surface area contributed by atoms with Gasteiger partial charge in [-0.1, -0.05) is 6.42 Å². The van der Waals surface area contributed by atoms with Crippen molar-refractivity contribution in [2.24, 2.45) is 0 Å². The zero-order valence-electron chi connectivity index (χ0n) is 10.7. The van der Waals surface area contributed by atoms with Gasteiger partial charge >= 0.3 is 0 Å². The van der Waals surface area contributed by atoms with E-state index in [4.69, 9.17) is 0 Å². The molecule has 0 amide bonds. The molecule has 0 aromatic heterocycles. The number of rotatable bonds is 2. The van der Waals surface area contributed by atoms with Gasteiger partial charge < -0.3 is 10.4 Å². The average molecular weight is 239 g/mol. The Bertz CT molecular complexity index is 267. The molecule has 0 bridgehead atoms. The summed E-state index contributed by atoms with van der Waals surface area (Å²) in [6, 6.07) is 0.611. The molecule has 3 fully saturated rings. The number of nitrogens with zero attached hydrogens (tertiary/aromatic N) is 2. The Hall–Kier alpha value is -0.160. The first-order valence-corrected chi connectivity index (χ1v) is 7.17. The third-order valence-corrected chi connectivity index (χ3v) is 5.09. The maximum Gasteiger partial charge on any atom is 0.0631 e. The maximum absolute atomic E-state index is 10.0. The van der Waals surface area contributed by atoms with Gasteiger partial charge in [0, 0.05) is 38.8 Å². The summed E-state index contributed by atoms with van der Waals surface area (Å²) in [5.74, 6) is 0. The monoisotopic (exact) mass is 239 g/mol. The first-order valence-electron chi connectivity index (χ1n) is 7.17. The van der Waals surface area contributed by atoms with E-state index in [2.05, 4.69) is 15.1 Å². The summed E-state index contributed by atoms with van der Waals surface area (Å²) in [6.07, 6.45) is 5.13. The zero-order valence-corrected chi connectivity index (χ0v) is 10.7. The van der Waals surface area contributed by atoms with Gasteiger partial charge in [-0.25, -0.2) is 0 Å². The molecule has 3 aliphatic heterocycles.